The highest BCUT2D eigenvalue weighted by atomic mass is 19.1. The molecule has 1 saturated heterocycles. The average Bonchev–Trinajstić information content (AvgIpc) is 2.68. The van der Waals surface area contributed by atoms with Gasteiger partial charge in [-0.15, -0.1) is 0 Å². The van der Waals surface area contributed by atoms with Gasteiger partial charge in [-0.3, -0.25) is 20.4 Å². The van der Waals surface area contributed by atoms with Crippen molar-refractivity contribution >= 4 is 17.6 Å². The van der Waals surface area contributed by atoms with Crippen LogP contribution in [0.25, 0.3) is 0 Å². The van der Waals surface area contributed by atoms with Crippen LogP contribution in [-0.2, 0) is 16.0 Å². The Kier molecular flexibility index (Phi) is 5.75. The highest BCUT2D eigenvalue weighted by molar-refractivity contribution is 5.99. The van der Waals surface area contributed by atoms with Gasteiger partial charge >= 0.3 is 0 Å². The molecule has 0 aliphatic carbocycles. The molecule has 2 amide bonds. The lowest BCUT2D eigenvalue weighted by Crippen LogP contribution is -2.44. The molecular weight excluding hydrogens is 339 g/mol. The van der Waals surface area contributed by atoms with Crippen LogP contribution in [0.2, 0.25) is 0 Å². The maximum Gasteiger partial charge on any atom is 0.273 e. The van der Waals surface area contributed by atoms with Crippen molar-refractivity contribution in [2.24, 2.45) is 0 Å². The number of benzene rings is 1. The lowest BCUT2D eigenvalue weighted by molar-refractivity contribution is -0.121. The van der Waals surface area contributed by atoms with E-state index in [0.29, 0.717) is 43.2 Å². The van der Waals surface area contributed by atoms with Crippen LogP contribution in [-0.4, -0.2) is 43.1 Å². The lowest BCUT2D eigenvalue weighted by atomic mass is 10.1. The van der Waals surface area contributed by atoms with Gasteiger partial charge in [-0.1, -0.05) is 12.1 Å². The number of aromatic nitrogens is 1. The standard InChI is InChI=1S/C18H19FN4O3/c19-14-5-3-13(4-6-14)12-16(24)21-22-18(25)15-2-1-7-20-17(15)23-8-10-26-11-9-23/h1-7H,8-12H2,(H,21,24)(H,22,25). The summed E-state index contributed by atoms with van der Waals surface area (Å²) in [5, 5.41) is 0. The van der Waals surface area contributed by atoms with E-state index in [2.05, 4.69) is 15.8 Å². The van der Waals surface area contributed by atoms with Crippen molar-refractivity contribution in [2.75, 3.05) is 31.2 Å². The average molecular weight is 358 g/mol. The quantitative estimate of drug-likeness (QED) is 0.799. The van der Waals surface area contributed by atoms with Gasteiger partial charge in [-0.2, -0.15) is 0 Å². The van der Waals surface area contributed by atoms with Crippen LogP contribution in [0, 0.1) is 5.82 Å². The Bertz CT molecular complexity index is 776. The number of nitrogens with zero attached hydrogens (tertiary/aromatic N) is 2. The van der Waals surface area contributed by atoms with E-state index in [1.807, 2.05) is 4.90 Å². The molecule has 1 aromatic carbocycles. The Morgan fingerprint density at radius 2 is 1.85 bits per heavy atom. The van der Waals surface area contributed by atoms with Gasteiger partial charge in [0.2, 0.25) is 5.91 Å². The molecule has 0 radical (unpaired) electrons. The molecule has 7 nitrogen and oxygen atoms in total. The van der Waals surface area contributed by atoms with Gasteiger partial charge in [-0.05, 0) is 29.8 Å². The van der Waals surface area contributed by atoms with E-state index in [1.165, 1.54) is 24.3 Å². The maximum atomic E-state index is 12.9. The van der Waals surface area contributed by atoms with Crippen molar-refractivity contribution in [1.82, 2.24) is 15.8 Å². The number of carbonyl (C=O) groups is 2. The highest BCUT2D eigenvalue weighted by Gasteiger charge is 2.20. The van der Waals surface area contributed by atoms with Gasteiger partial charge in [0.15, 0.2) is 0 Å². The number of hydrazine groups is 1. The summed E-state index contributed by atoms with van der Waals surface area (Å²) in [6.45, 7) is 2.44. The fourth-order valence-corrected chi connectivity index (χ4v) is 2.63. The van der Waals surface area contributed by atoms with Crippen LogP contribution in [0.15, 0.2) is 42.6 Å². The minimum atomic E-state index is -0.452. The molecule has 1 aliphatic heterocycles. The fourth-order valence-electron chi connectivity index (χ4n) is 2.63. The van der Waals surface area contributed by atoms with Crippen LogP contribution in [0.5, 0.6) is 0 Å². The zero-order chi connectivity index (χ0) is 18.4. The number of ether oxygens (including phenoxy) is 1. The fraction of sp³-hybridized carbons (Fsp3) is 0.278. The predicted octanol–water partition coefficient (Wildman–Crippen LogP) is 1.06. The molecule has 0 saturated carbocycles. The molecule has 2 N–H and O–H groups in total. The third-order valence-corrected chi connectivity index (χ3v) is 3.94. The minimum absolute atomic E-state index is 0.0317. The van der Waals surface area contributed by atoms with Crippen LogP contribution >= 0.6 is 0 Å². The molecule has 0 bridgehead atoms. The van der Waals surface area contributed by atoms with Crippen LogP contribution in [0.4, 0.5) is 10.2 Å². The van der Waals surface area contributed by atoms with Gasteiger partial charge in [0.05, 0.1) is 25.2 Å². The Labute approximate surface area is 150 Å². The Balaban J connectivity index is 1.59. The molecule has 136 valence electrons. The highest BCUT2D eigenvalue weighted by Crippen LogP contribution is 2.18. The molecule has 0 unspecified atom stereocenters. The topological polar surface area (TPSA) is 83.6 Å². The SMILES string of the molecule is O=C(Cc1ccc(F)cc1)NNC(=O)c1cccnc1N1CCOCC1. The van der Waals surface area contributed by atoms with Crippen LogP contribution in [0.1, 0.15) is 15.9 Å². The third-order valence-electron chi connectivity index (χ3n) is 3.94. The van der Waals surface area contributed by atoms with Crippen molar-refractivity contribution in [2.45, 2.75) is 6.42 Å². The number of carbonyl (C=O) groups excluding carboxylic acids is 2. The molecule has 0 atom stereocenters. The second-order valence-corrected chi connectivity index (χ2v) is 5.78. The molecular formula is C18H19FN4O3. The van der Waals surface area contributed by atoms with Gasteiger partial charge in [0, 0.05) is 19.3 Å². The second-order valence-electron chi connectivity index (χ2n) is 5.78. The maximum absolute atomic E-state index is 12.9. The molecule has 3 rings (SSSR count). The zero-order valence-corrected chi connectivity index (χ0v) is 14.1. The largest absolute Gasteiger partial charge is 0.378 e. The van der Waals surface area contributed by atoms with E-state index in [0.717, 1.165) is 0 Å². The number of pyridine rings is 1. The first kappa shape index (κ1) is 17.8. The summed E-state index contributed by atoms with van der Waals surface area (Å²) in [4.78, 5) is 30.7. The Morgan fingerprint density at radius 3 is 2.58 bits per heavy atom. The number of amides is 2. The summed E-state index contributed by atoms with van der Waals surface area (Å²) in [7, 11) is 0. The smallest absolute Gasteiger partial charge is 0.273 e. The number of halogens is 1. The number of rotatable bonds is 4. The van der Waals surface area contributed by atoms with Gasteiger partial charge in [-0.25, -0.2) is 9.37 Å². The van der Waals surface area contributed by atoms with Gasteiger partial charge in [0.1, 0.15) is 11.6 Å². The van der Waals surface area contributed by atoms with E-state index >= 15 is 0 Å². The molecule has 0 spiro atoms. The van der Waals surface area contributed by atoms with E-state index in [4.69, 9.17) is 4.74 Å². The van der Waals surface area contributed by atoms with Gasteiger partial charge < -0.3 is 9.64 Å². The second kappa shape index (κ2) is 8.39. The lowest BCUT2D eigenvalue weighted by Gasteiger charge is -2.29. The number of hydrogen-bond donors (Lipinski definition) is 2. The first-order chi connectivity index (χ1) is 12.6. The zero-order valence-electron chi connectivity index (χ0n) is 14.1. The summed E-state index contributed by atoms with van der Waals surface area (Å²) in [6, 6.07) is 8.93. The monoisotopic (exact) mass is 358 g/mol. The molecule has 1 fully saturated rings. The summed E-state index contributed by atoms with van der Waals surface area (Å²) in [5.74, 6) is -0.662. The van der Waals surface area contributed by atoms with Crippen molar-refractivity contribution in [3.63, 3.8) is 0 Å². The van der Waals surface area contributed by atoms with Crippen molar-refractivity contribution in [1.29, 1.82) is 0 Å². The Morgan fingerprint density at radius 1 is 1.12 bits per heavy atom. The number of morpholine rings is 1. The van der Waals surface area contributed by atoms with E-state index < -0.39 is 11.8 Å². The first-order valence-electron chi connectivity index (χ1n) is 8.25. The number of nitrogens with one attached hydrogen (secondary N) is 2. The molecule has 8 heteroatoms. The van der Waals surface area contributed by atoms with Crippen molar-refractivity contribution < 1.29 is 18.7 Å². The first-order valence-corrected chi connectivity index (χ1v) is 8.25. The normalized spacial score (nSPS) is 14.0. The molecule has 1 aromatic heterocycles. The van der Waals surface area contributed by atoms with Crippen LogP contribution in [0.3, 0.4) is 0 Å². The van der Waals surface area contributed by atoms with E-state index in [-0.39, 0.29) is 12.2 Å². The summed E-state index contributed by atoms with van der Waals surface area (Å²) in [6.07, 6.45) is 1.65. The number of hydrogen-bond acceptors (Lipinski definition) is 5. The minimum Gasteiger partial charge on any atom is -0.378 e. The molecule has 1 aliphatic rings. The van der Waals surface area contributed by atoms with Crippen LogP contribution < -0.4 is 15.8 Å². The third kappa shape index (κ3) is 4.54. The Hall–Kier alpha value is -3.00. The summed E-state index contributed by atoms with van der Waals surface area (Å²) in [5.41, 5.74) is 5.79. The number of anilines is 1. The van der Waals surface area contributed by atoms with E-state index in [1.54, 1.807) is 18.3 Å². The van der Waals surface area contributed by atoms with Gasteiger partial charge in [0.25, 0.3) is 5.91 Å². The summed E-state index contributed by atoms with van der Waals surface area (Å²) < 4.78 is 18.2. The van der Waals surface area contributed by atoms with E-state index in [9.17, 15) is 14.0 Å². The predicted molar refractivity (Wildman–Crippen MR) is 93.0 cm³/mol. The summed E-state index contributed by atoms with van der Waals surface area (Å²) >= 11 is 0. The molecule has 26 heavy (non-hydrogen) atoms. The molecule has 2 aromatic rings. The van der Waals surface area contributed by atoms with Crippen molar-refractivity contribution in [3.8, 4) is 0 Å². The van der Waals surface area contributed by atoms with Crippen molar-refractivity contribution in [3.05, 3.63) is 59.5 Å². The molecule has 2 heterocycles.